The summed E-state index contributed by atoms with van der Waals surface area (Å²) in [6, 6.07) is 24.8. The van der Waals surface area contributed by atoms with Crippen molar-refractivity contribution < 1.29 is 8.78 Å². The summed E-state index contributed by atoms with van der Waals surface area (Å²) in [4.78, 5) is 8.90. The third-order valence-electron chi connectivity index (χ3n) is 12.0. The minimum atomic E-state index is -0.611. The lowest BCUT2D eigenvalue weighted by Crippen LogP contribution is -2.49. The Kier molecular flexibility index (Phi) is 10.6. The number of hydrogen-bond acceptors (Lipinski definition) is 13. The molecular formula is C44H45F2N15. The van der Waals surface area contributed by atoms with Crippen molar-refractivity contribution in [3.05, 3.63) is 126 Å². The zero-order valence-corrected chi connectivity index (χ0v) is 33.3. The topological polar surface area (TPSA) is 221 Å². The summed E-state index contributed by atoms with van der Waals surface area (Å²) in [5.74, 6) is 0.944. The number of amidine groups is 1. The van der Waals surface area contributed by atoms with Gasteiger partial charge in [0.2, 0.25) is 0 Å². The van der Waals surface area contributed by atoms with E-state index in [-0.39, 0.29) is 17.5 Å². The van der Waals surface area contributed by atoms with E-state index < -0.39 is 10.8 Å². The van der Waals surface area contributed by atoms with E-state index in [2.05, 4.69) is 51.5 Å². The average molecular weight is 822 g/mol. The van der Waals surface area contributed by atoms with Gasteiger partial charge in [0.15, 0.2) is 11.6 Å². The van der Waals surface area contributed by atoms with Gasteiger partial charge in [0.05, 0.1) is 40.5 Å². The van der Waals surface area contributed by atoms with Gasteiger partial charge >= 0.3 is 0 Å². The van der Waals surface area contributed by atoms with Crippen LogP contribution in [0.4, 0.5) is 31.9 Å². The number of anilines is 4. The van der Waals surface area contributed by atoms with Gasteiger partial charge in [-0.25, -0.2) is 8.78 Å². The molecule has 5 aromatic heterocycles. The molecule has 310 valence electrons. The highest BCUT2D eigenvalue weighted by atomic mass is 19.1. The van der Waals surface area contributed by atoms with Crippen LogP contribution in [0, 0.1) is 17.0 Å². The number of halogens is 2. The number of nitrogen functional groups attached to an aromatic ring is 1. The first kappa shape index (κ1) is 39.3. The van der Waals surface area contributed by atoms with Crippen LogP contribution in [0.25, 0.3) is 33.4 Å². The van der Waals surface area contributed by atoms with E-state index >= 15 is 4.39 Å². The van der Waals surface area contributed by atoms with E-state index in [1.807, 2.05) is 53.5 Å². The molecular weight excluding hydrogens is 777 g/mol. The third-order valence-corrected chi connectivity index (χ3v) is 12.0. The quantitative estimate of drug-likeness (QED) is 0.0307. The summed E-state index contributed by atoms with van der Waals surface area (Å²) < 4.78 is 30.3. The van der Waals surface area contributed by atoms with Crippen molar-refractivity contribution >= 4 is 39.9 Å². The second kappa shape index (κ2) is 16.5. The maximum absolute atomic E-state index is 15.5. The summed E-state index contributed by atoms with van der Waals surface area (Å²) in [7, 11) is 0. The molecule has 0 radical (unpaired) electrons. The summed E-state index contributed by atoms with van der Waals surface area (Å²) in [5.41, 5.74) is 19.7. The van der Waals surface area contributed by atoms with Crippen molar-refractivity contribution in [2.24, 2.45) is 11.5 Å². The van der Waals surface area contributed by atoms with E-state index in [9.17, 15) is 4.39 Å². The van der Waals surface area contributed by atoms with Gasteiger partial charge in [0, 0.05) is 64.9 Å². The van der Waals surface area contributed by atoms with Crippen molar-refractivity contribution in [1.82, 2.24) is 40.6 Å². The minimum absolute atomic E-state index is 0.111. The second-order valence-electron chi connectivity index (χ2n) is 15.8. The van der Waals surface area contributed by atoms with E-state index in [0.717, 1.165) is 55.0 Å². The molecule has 0 amide bonds. The van der Waals surface area contributed by atoms with Crippen molar-refractivity contribution in [2.45, 2.75) is 49.4 Å². The Hall–Kier alpha value is -7.14. The van der Waals surface area contributed by atoms with Crippen molar-refractivity contribution in [1.29, 1.82) is 5.41 Å². The molecule has 5 heterocycles. The molecule has 0 spiro atoms. The number of nitrogens with one attached hydrogen (secondary N) is 5. The number of aromatic amines is 1. The molecule has 0 aliphatic heterocycles. The number of hydrogen-bond donors (Lipinski definition) is 7. The molecule has 15 nitrogen and oxygen atoms in total. The number of rotatable bonds is 16. The van der Waals surface area contributed by atoms with Gasteiger partial charge in [-0.1, -0.05) is 18.9 Å². The summed E-state index contributed by atoms with van der Waals surface area (Å²) in [5, 5.41) is 43.5. The minimum Gasteiger partial charge on any atom is -0.384 e. The maximum atomic E-state index is 15.5. The molecule has 2 aromatic carbocycles. The molecule has 0 unspecified atom stereocenters. The van der Waals surface area contributed by atoms with E-state index in [1.54, 1.807) is 36.7 Å². The molecule has 61 heavy (non-hydrogen) atoms. The first-order valence-electron chi connectivity index (χ1n) is 20.3. The smallest absolute Gasteiger partial charge is 0.169 e. The number of benzene rings is 2. The zero-order valence-electron chi connectivity index (χ0n) is 33.3. The second-order valence-corrected chi connectivity index (χ2v) is 15.8. The largest absolute Gasteiger partial charge is 0.384 e. The fourth-order valence-corrected chi connectivity index (χ4v) is 8.32. The number of nitrogens with two attached hydrogens (primary N) is 2. The zero-order chi connectivity index (χ0) is 42.0. The van der Waals surface area contributed by atoms with Crippen LogP contribution < -0.4 is 32.5 Å². The highest BCUT2D eigenvalue weighted by Gasteiger charge is 2.44. The van der Waals surface area contributed by atoms with Gasteiger partial charge in [-0.3, -0.25) is 30.9 Å². The Morgan fingerprint density at radius 3 is 2.13 bits per heavy atom. The number of fused-ring (bicyclic) bond motifs is 1. The molecule has 2 aliphatic carbocycles. The SMILES string of the molecule is N=C(N)c1ccc(NN(CC2(c3ncccc3F)CCC2)c2ccc(-c3ccc4[nH]nc(NCCN)c4c3)nn2)c(-c2ccc(NCC3(c4ncccc4F)CCC3)nn2)c1. The van der Waals surface area contributed by atoms with E-state index in [0.29, 0.717) is 83.2 Å². The highest BCUT2D eigenvalue weighted by Crippen LogP contribution is 2.46. The molecule has 17 heteroatoms. The Morgan fingerprint density at radius 2 is 1.51 bits per heavy atom. The van der Waals surface area contributed by atoms with Gasteiger partial charge in [-0.2, -0.15) is 5.10 Å². The third kappa shape index (κ3) is 7.75. The summed E-state index contributed by atoms with van der Waals surface area (Å²) >= 11 is 0. The van der Waals surface area contributed by atoms with Crippen LogP contribution in [0.1, 0.15) is 55.5 Å². The van der Waals surface area contributed by atoms with Crippen LogP contribution in [0.2, 0.25) is 0 Å². The van der Waals surface area contributed by atoms with Crippen LogP contribution in [0.5, 0.6) is 0 Å². The Morgan fingerprint density at radius 1 is 0.787 bits per heavy atom. The molecule has 2 fully saturated rings. The van der Waals surface area contributed by atoms with Gasteiger partial charge in [-0.15, -0.1) is 20.4 Å². The van der Waals surface area contributed by atoms with Gasteiger partial charge in [0.25, 0.3) is 0 Å². The Balaban J connectivity index is 1.03. The molecule has 0 atom stereocenters. The van der Waals surface area contributed by atoms with Gasteiger partial charge in [0.1, 0.15) is 23.3 Å². The number of H-pyrrole nitrogens is 1. The predicted octanol–water partition coefficient (Wildman–Crippen LogP) is 6.69. The van der Waals surface area contributed by atoms with Crippen LogP contribution in [0.15, 0.2) is 97.3 Å². The highest BCUT2D eigenvalue weighted by molar-refractivity contribution is 5.97. The average Bonchev–Trinajstić information content (AvgIpc) is 3.66. The maximum Gasteiger partial charge on any atom is 0.169 e. The molecule has 0 bridgehead atoms. The van der Waals surface area contributed by atoms with Crippen LogP contribution in [0.3, 0.4) is 0 Å². The predicted molar refractivity (Wildman–Crippen MR) is 232 cm³/mol. The Labute approximate surface area is 350 Å². The van der Waals surface area contributed by atoms with Crippen molar-refractivity contribution in [3.63, 3.8) is 0 Å². The van der Waals surface area contributed by atoms with Gasteiger partial charge < -0.3 is 22.1 Å². The summed E-state index contributed by atoms with van der Waals surface area (Å²) in [6.45, 7) is 1.82. The van der Waals surface area contributed by atoms with Crippen molar-refractivity contribution in [2.75, 3.05) is 47.2 Å². The monoisotopic (exact) mass is 821 g/mol. The van der Waals surface area contributed by atoms with Gasteiger partial charge in [-0.05, 0) is 105 Å². The first-order chi connectivity index (χ1) is 29.7. The lowest BCUT2D eigenvalue weighted by Gasteiger charge is -2.45. The summed E-state index contributed by atoms with van der Waals surface area (Å²) in [6.07, 6.45) is 8.24. The van der Waals surface area contributed by atoms with Crippen LogP contribution in [-0.2, 0) is 10.8 Å². The molecule has 0 saturated heterocycles. The first-order valence-corrected chi connectivity index (χ1v) is 20.3. The van der Waals surface area contributed by atoms with Crippen LogP contribution >= 0.6 is 0 Å². The number of aromatic nitrogens is 8. The molecule has 9 rings (SSSR count). The molecule has 9 N–H and O–H groups in total. The Bertz CT molecular complexity index is 2680. The molecule has 2 aliphatic rings. The van der Waals surface area contributed by atoms with Crippen molar-refractivity contribution in [3.8, 4) is 22.5 Å². The molecule has 7 aromatic rings. The fourth-order valence-electron chi connectivity index (χ4n) is 8.32. The number of pyridine rings is 2. The normalized spacial score (nSPS) is 15.1. The lowest BCUT2D eigenvalue weighted by molar-refractivity contribution is 0.233. The number of nitrogens with zero attached hydrogens (tertiary/aromatic N) is 8. The molecule has 2 saturated carbocycles. The van der Waals surface area contributed by atoms with E-state index in [1.165, 1.54) is 12.1 Å². The van der Waals surface area contributed by atoms with Crippen LogP contribution in [-0.4, -0.2) is 72.6 Å². The number of hydrazine groups is 1. The lowest BCUT2D eigenvalue weighted by atomic mass is 9.66. The fraction of sp³-hybridized carbons (Fsp3) is 0.273. The van der Waals surface area contributed by atoms with E-state index in [4.69, 9.17) is 22.0 Å². The standard InChI is InChI=1S/C44H45F2N15/c45-31-5-1-20-50-39(31)43(15-3-16-43)25-53-37-13-11-34(55-57-37)29-24-28(41(48)49)8-10-36(29)60-61(26-44(17-4-18-44)40-32(46)6-2-21-51-40)38-14-12-33(54-58-38)27-7-9-35-30(23-27)42(59-56-35)52-22-19-47/h1-2,5-14,20-21,23-24,60H,3-4,15-19,22,25-26,47H2,(H3,48,49)(H,53,57)(H2,52,56,59).